The molecule has 0 heterocycles. The molecule has 0 fully saturated rings. The summed E-state index contributed by atoms with van der Waals surface area (Å²) in [5.74, 6) is 1.28. The molecule has 0 aliphatic heterocycles. The van der Waals surface area contributed by atoms with Crippen LogP contribution < -0.4 is 19.5 Å². The molecule has 0 aliphatic carbocycles. The number of halogens is 1. The number of nitriles is 1. The molecule has 0 unspecified atom stereocenters. The molecule has 0 aromatic heterocycles. The molecule has 3 aromatic rings. The Labute approximate surface area is 204 Å². The first-order chi connectivity index (χ1) is 16.5. The van der Waals surface area contributed by atoms with Crippen LogP contribution in [0.25, 0.3) is 6.08 Å². The maximum atomic E-state index is 12.6. The normalized spacial score (nSPS) is 10.8. The van der Waals surface area contributed by atoms with Gasteiger partial charge in [-0.3, -0.25) is 4.79 Å². The number of carbonyl (C=O) groups is 1. The average molecular weight is 477 g/mol. The fraction of sp³-hybridized carbons (Fsp3) is 0.185. The largest absolute Gasteiger partial charge is 0.494 e. The summed E-state index contributed by atoms with van der Waals surface area (Å²) >= 11 is 5.93. The molecule has 1 amide bonds. The van der Waals surface area contributed by atoms with Crippen molar-refractivity contribution in [3.05, 3.63) is 88.5 Å². The van der Waals surface area contributed by atoms with Crippen LogP contribution in [0.15, 0.2) is 72.3 Å². The zero-order valence-electron chi connectivity index (χ0n) is 19.0. The van der Waals surface area contributed by atoms with Crippen LogP contribution in [0.4, 0.5) is 5.69 Å². The minimum atomic E-state index is -0.507. The third-order valence-electron chi connectivity index (χ3n) is 4.67. The maximum absolute atomic E-state index is 12.6. The molecule has 0 atom stereocenters. The van der Waals surface area contributed by atoms with Crippen molar-refractivity contribution in [2.45, 2.75) is 20.5 Å². The highest BCUT2D eigenvalue weighted by Gasteiger charge is 2.12. The molecular formula is C27H25ClN2O4. The Morgan fingerprint density at radius 3 is 2.29 bits per heavy atom. The molecule has 0 saturated heterocycles. The lowest BCUT2D eigenvalue weighted by Crippen LogP contribution is -2.13. The second-order valence-corrected chi connectivity index (χ2v) is 7.57. The summed E-state index contributed by atoms with van der Waals surface area (Å²) in [4.78, 5) is 12.6. The smallest absolute Gasteiger partial charge is 0.266 e. The van der Waals surface area contributed by atoms with Crippen LogP contribution in [-0.2, 0) is 11.4 Å². The van der Waals surface area contributed by atoms with Gasteiger partial charge in [0.05, 0.1) is 13.2 Å². The number of nitrogens with one attached hydrogen (secondary N) is 1. The molecule has 34 heavy (non-hydrogen) atoms. The quantitative estimate of drug-likeness (QED) is 0.276. The van der Waals surface area contributed by atoms with Gasteiger partial charge in [0.1, 0.15) is 24.0 Å². The van der Waals surface area contributed by atoms with E-state index in [1.165, 1.54) is 6.08 Å². The zero-order chi connectivity index (χ0) is 24.3. The highest BCUT2D eigenvalue weighted by molar-refractivity contribution is 6.30. The fourth-order valence-electron chi connectivity index (χ4n) is 3.06. The first-order valence-electron chi connectivity index (χ1n) is 10.8. The van der Waals surface area contributed by atoms with Gasteiger partial charge in [-0.1, -0.05) is 29.8 Å². The number of benzene rings is 3. The van der Waals surface area contributed by atoms with E-state index in [2.05, 4.69) is 5.32 Å². The Kier molecular flexibility index (Phi) is 8.96. The molecule has 1 N–H and O–H groups in total. The molecule has 174 valence electrons. The number of rotatable bonds is 10. The van der Waals surface area contributed by atoms with Gasteiger partial charge in [-0.15, -0.1) is 0 Å². The lowest BCUT2D eigenvalue weighted by atomic mass is 10.1. The lowest BCUT2D eigenvalue weighted by molar-refractivity contribution is -0.112. The van der Waals surface area contributed by atoms with Gasteiger partial charge in [0.25, 0.3) is 5.91 Å². The van der Waals surface area contributed by atoms with Crippen molar-refractivity contribution in [3.63, 3.8) is 0 Å². The fourth-order valence-corrected chi connectivity index (χ4v) is 3.18. The van der Waals surface area contributed by atoms with E-state index in [9.17, 15) is 10.1 Å². The topological polar surface area (TPSA) is 80.6 Å². The molecular weight excluding hydrogens is 452 g/mol. The van der Waals surface area contributed by atoms with E-state index in [1.807, 2.05) is 32.0 Å². The van der Waals surface area contributed by atoms with Crippen LogP contribution in [0, 0.1) is 11.3 Å². The van der Waals surface area contributed by atoms with Gasteiger partial charge in [0.15, 0.2) is 11.5 Å². The van der Waals surface area contributed by atoms with Crippen LogP contribution in [-0.4, -0.2) is 19.1 Å². The summed E-state index contributed by atoms with van der Waals surface area (Å²) in [6.45, 7) is 5.11. The van der Waals surface area contributed by atoms with Crippen molar-refractivity contribution in [2.24, 2.45) is 0 Å². The van der Waals surface area contributed by atoms with E-state index >= 15 is 0 Å². The van der Waals surface area contributed by atoms with E-state index in [0.717, 1.165) is 5.56 Å². The van der Waals surface area contributed by atoms with Crippen molar-refractivity contribution in [1.82, 2.24) is 0 Å². The Hall–Kier alpha value is -3.95. The minimum Gasteiger partial charge on any atom is -0.494 e. The highest BCUT2D eigenvalue weighted by atomic mass is 35.5. The third-order valence-corrected chi connectivity index (χ3v) is 4.93. The van der Waals surface area contributed by atoms with Gasteiger partial charge >= 0.3 is 0 Å². The molecule has 0 saturated carbocycles. The van der Waals surface area contributed by atoms with Crippen molar-refractivity contribution in [1.29, 1.82) is 5.26 Å². The summed E-state index contributed by atoms with van der Waals surface area (Å²) in [5.41, 5.74) is 2.14. The predicted molar refractivity (Wildman–Crippen MR) is 133 cm³/mol. The van der Waals surface area contributed by atoms with Gasteiger partial charge in [-0.25, -0.2) is 0 Å². The Balaban J connectivity index is 1.73. The third kappa shape index (κ3) is 7.03. The molecule has 7 heteroatoms. The van der Waals surface area contributed by atoms with E-state index in [0.29, 0.717) is 53.3 Å². The summed E-state index contributed by atoms with van der Waals surface area (Å²) in [5, 5.41) is 12.9. The molecule has 0 bridgehead atoms. The second kappa shape index (κ2) is 12.3. The predicted octanol–water partition coefficient (Wildman–Crippen LogP) is 6.26. The van der Waals surface area contributed by atoms with Crippen LogP contribution in [0.2, 0.25) is 5.02 Å². The van der Waals surface area contributed by atoms with Crippen LogP contribution >= 0.6 is 11.6 Å². The van der Waals surface area contributed by atoms with Crippen molar-refractivity contribution in [2.75, 3.05) is 18.5 Å². The second-order valence-electron chi connectivity index (χ2n) is 7.14. The first-order valence-corrected chi connectivity index (χ1v) is 11.2. The summed E-state index contributed by atoms with van der Waals surface area (Å²) in [7, 11) is 0. The Morgan fingerprint density at radius 2 is 1.65 bits per heavy atom. The standard InChI is InChI=1S/C27H25ClN2O4/c1-3-32-24-12-10-23(11-13-24)30-27(31)21(17-29)15-20-7-14-25(26(16-20)33-4-2)34-18-19-5-8-22(28)9-6-19/h5-16H,3-4,18H2,1-2H3,(H,30,31)/b21-15-. The summed E-state index contributed by atoms with van der Waals surface area (Å²) in [6, 6.07) is 21.6. The van der Waals surface area contributed by atoms with Crippen LogP contribution in [0.3, 0.4) is 0 Å². The van der Waals surface area contributed by atoms with E-state index in [-0.39, 0.29) is 5.57 Å². The molecule has 0 radical (unpaired) electrons. The molecule has 0 aliphatic rings. The summed E-state index contributed by atoms with van der Waals surface area (Å²) < 4.78 is 17.0. The van der Waals surface area contributed by atoms with E-state index < -0.39 is 5.91 Å². The van der Waals surface area contributed by atoms with Gasteiger partial charge in [0.2, 0.25) is 0 Å². The van der Waals surface area contributed by atoms with Gasteiger partial charge in [-0.2, -0.15) is 5.26 Å². The van der Waals surface area contributed by atoms with Crippen LogP contribution in [0.5, 0.6) is 17.2 Å². The highest BCUT2D eigenvalue weighted by Crippen LogP contribution is 2.30. The first kappa shape index (κ1) is 24.7. The van der Waals surface area contributed by atoms with Crippen molar-refractivity contribution in [3.8, 4) is 23.3 Å². The molecule has 3 aromatic carbocycles. The Morgan fingerprint density at radius 1 is 0.941 bits per heavy atom. The molecule has 6 nitrogen and oxygen atoms in total. The number of ether oxygens (including phenoxy) is 3. The number of hydrogen-bond acceptors (Lipinski definition) is 5. The Bertz CT molecular complexity index is 1180. The molecule has 0 spiro atoms. The van der Waals surface area contributed by atoms with Gasteiger partial charge in [0, 0.05) is 10.7 Å². The zero-order valence-corrected chi connectivity index (χ0v) is 19.8. The number of hydrogen-bond donors (Lipinski definition) is 1. The van der Waals surface area contributed by atoms with Crippen LogP contribution in [0.1, 0.15) is 25.0 Å². The maximum Gasteiger partial charge on any atom is 0.266 e. The summed E-state index contributed by atoms with van der Waals surface area (Å²) in [6.07, 6.45) is 1.51. The number of carbonyl (C=O) groups excluding carboxylic acids is 1. The number of amides is 1. The van der Waals surface area contributed by atoms with Gasteiger partial charge in [-0.05, 0) is 79.6 Å². The number of nitrogens with zero attached hydrogens (tertiary/aromatic N) is 1. The SMILES string of the molecule is CCOc1ccc(NC(=O)/C(C#N)=C\c2ccc(OCc3ccc(Cl)cc3)c(OCC)c2)cc1. The average Bonchev–Trinajstić information content (AvgIpc) is 2.84. The van der Waals surface area contributed by atoms with E-state index in [4.69, 9.17) is 25.8 Å². The number of anilines is 1. The van der Waals surface area contributed by atoms with E-state index in [1.54, 1.807) is 54.6 Å². The lowest BCUT2D eigenvalue weighted by Gasteiger charge is -2.13. The van der Waals surface area contributed by atoms with Crippen molar-refractivity contribution < 1.29 is 19.0 Å². The minimum absolute atomic E-state index is 0.0360. The van der Waals surface area contributed by atoms with Gasteiger partial charge < -0.3 is 19.5 Å². The molecule has 3 rings (SSSR count). The van der Waals surface area contributed by atoms with Crippen molar-refractivity contribution >= 4 is 29.3 Å². The monoisotopic (exact) mass is 476 g/mol.